The van der Waals surface area contributed by atoms with Gasteiger partial charge in [0.15, 0.2) is 11.2 Å². The van der Waals surface area contributed by atoms with E-state index in [-0.39, 0.29) is 11.6 Å². The summed E-state index contributed by atoms with van der Waals surface area (Å²) in [5.74, 6) is -0.634. The van der Waals surface area contributed by atoms with Crippen LogP contribution >= 0.6 is 0 Å². The Morgan fingerprint density at radius 2 is 0.646 bits per heavy atom. The van der Waals surface area contributed by atoms with Crippen molar-refractivity contribution in [1.29, 1.82) is 0 Å². The standard InChI is InChI=1S/C73H42F2N2O2/c74-43-27-31-45(32-28-43)76(67-23-11-20-58-56-18-6-9-25-69(56)78-71(58)67)47-35-37-54-55-38-36-48(77(46-33-29-44(75)30-34-46)68-24-12-21-59-57-19-7-10-26-70(57)79-72(59)68)40-65(55)73(64(54)39-47)63-22-8-5-17-53(63)62-41-60-51-15-3-1-13-49(51)50-14-2-4-16-52(50)61(60)42-66(62)73/h1-42H. The first-order valence-corrected chi connectivity index (χ1v) is 26.7. The van der Waals surface area contributed by atoms with Gasteiger partial charge in [-0.25, -0.2) is 8.78 Å². The first kappa shape index (κ1) is 43.9. The molecule has 2 aromatic heterocycles. The van der Waals surface area contributed by atoms with Crippen LogP contribution in [-0.2, 0) is 5.41 Å². The molecule has 0 amide bonds. The Bertz CT molecular complexity index is 4860. The quantitative estimate of drug-likeness (QED) is 0.155. The zero-order chi connectivity index (χ0) is 52.1. The van der Waals surface area contributed by atoms with Crippen molar-refractivity contribution in [3.8, 4) is 22.3 Å². The van der Waals surface area contributed by atoms with Crippen LogP contribution in [0.3, 0.4) is 0 Å². The van der Waals surface area contributed by atoms with Crippen LogP contribution in [0.25, 0.3) is 98.4 Å². The number of anilines is 6. The third kappa shape index (κ3) is 6.11. The van der Waals surface area contributed by atoms with Crippen molar-refractivity contribution in [3.05, 3.63) is 289 Å². The summed E-state index contributed by atoms with van der Waals surface area (Å²) in [6, 6.07) is 87.3. The molecular formula is C73H42F2N2O2. The molecular weight excluding hydrogens is 975 g/mol. The van der Waals surface area contributed by atoms with Crippen LogP contribution in [0.5, 0.6) is 0 Å². The molecule has 6 heteroatoms. The van der Waals surface area contributed by atoms with Gasteiger partial charge in [-0.1, -0.05) is 146 Å². The molecule has 13 aromatic carbocycles. The van der Waals surface area contributed by atoms with Crippen LogP contribution < -0.4 is 9.80 Å². The van der Waals surface area contributed by atoms with Gasteiger partial charge in [-0.3, -0.25) is 0 Å². The Balaban J connectivity index is 0.983. The lowest BCUT2D eigenvalue weighted by Gasteiger charge is -2.33. The van der Waals surface area contributed by atoms with Crippen LogP contribution in [-0.4, -0.2) is 0 Å². The molecule has 0 aliphatic heterocycles. The zero-order valence-corrected chi connectivity index (χ0v) is 42.2. The van der Waals surface area contributed by atoms with Gasteiger partial charge in [0.1, 0.15) is 22.8 Å². The van der Waals surface area contributed by atoms with Gasteiger partial charge in [0.2, 0.25) is 0 Å². The minimum Gasteiger partial charge on any atom is -0.454 e. The van der Waals surface area contributed by atoms with Gasteiger partial charge in [-0.15, -0.1) is 0 Å². The number of benzene rings is 13. The van der Waals surface area contributed by atoms with Gasteiger partial charge in [0.05, 0.1) is 16.8 Å². The number of halogens is 2. The molecule has 0 bridgehead atoms. The second kappa shape index (κ2) is 16.4. The monoisotopic (exact) mass is 1020 g/mol. The number of hydrogen-bond acceptors (Lipinski definition) is 4. The van der Waals surface area contributed by atoms with Crippen molar-refractivity contribution in [3.63, 3.8) is 0 Å². The second-order valence-corrected chi connectivity index (χ2v) is 20.9. The summed E-state index contributed by atoms with van der Waals surface area (Å²) in [5.41, 5.74) is 16.3. The molecule has 2 aliphatic carbocycles. The van der Waals surface area contributed by atoms with E-state index in [0.29, 0.717) is 0 Å². The maximum Gasteiger partial charge on any atom is 0.159 e. The highest BCUT2D eigenvalue weighted by atomic mass is 19.1. The fraction of sp³-hybridized carbons (Fsp3) is 0.0137. The molecule has 0 saturated carbocycles. The third-order valence-electron chi connectivity index (χ3n) is 16.9. The largest absolute Gasteiger partial charge is 0.454 e. The Morgan fingerprint density at radius 1 is 0.266 bits per heavy atom. The third-order valence-corrected chi connectivity index (χ3v) is 16.9. The average Bonchev–Trinajstić information content (AvgIpc) is 2.50. The molecule has 15 aromatic rings. The van der Waals surface area contributed by atoms with Crippen molar-refractivity contribution in [2.75, 3.05) is 9.80 Å². The molecule has 0 N–H and O–H groups in total. The number of para-hydroxylation sites is 4. The predicted molar refractivity (Wildman–Crippen MR) is 319 cm³/mol. The molecule has 17 rings (SSSR count). The maximum atomic E-state index is 15.0. The van der Waals surface area contributed by atoms with Crippen molar-refractivity contribution in [1.82, 2.24) is 0 Å². The van der Waals surface area contributed by atoms with Gasteiger partial charge in [-0.05, 0) is 186 Å². The smallest absolute Gasteiger partial charge is 0.159 e. The summed E-state index contributed by atoms with van der Waals surface area (Å²) in [6.45, 7) is 0. The normalized spacial score (nSPS) is 13.0. The predicted octanol–water partition coefficient (Wildman–Crippen LogP) is 20.5. The van der Waals surface area contributed by atoms with E-state index in [0.717, 1.165) is 106 Å². The van der Waals surface area contributed by atoms with E-state index in [1.807, 2.05) is 60.7 Å². The molecule has 0 atom stereocenters. The Hall–Kier alpha value is -10.3. The molecule has 4 nitrogen and oxygen atoms in total. The van der Waals surface area contributed by atoms with E-state index in [1.165, 1.54) is 73.3 Å². The summed E-state index contributed by atoms with van der Waals surface area (Å²) in [7, 11) is 0. The highest BCUT2D eigenvalue weighted by Gasteiger charge is 2.52. The molecule has 1 spiro atoms. The van der Waals surface area contributed by atoms with E-state index < -0.39 is 5.41 Å². The Kier molecular flexibility index (Phi) is 9.09. The van der Waals surface area contributed by atoms with Gasteiger partial charge < -0.3 is 18.6 Å². The molecule has 2 aliphatic rings. The summed E-state index contributed by atoms with van der Waals surface area (Å²) in [6.07, 6.45) is 0. The fourth-order valence-electron chi connectivity index (χ4n) is 13.7. The number of hydrogen-bond donors (Lipinski definition) is 0. The van der Waals surface area contributed by atoms with E-state index in [2.05, 4.69) is 180 Å². The van der Waals surface area contributed by atoms with Gasteiger partial charge in [-0.2, -0.15) is 0 Å². The summed E-state index contributed by atoms with van der Waals surface area (Å²) >= 11 is 0. The SMILES string of the molecule is Fc1ccc(N(c2ccc3c(c2)C2(c4ccccc4-c4cc5c6ccccc6c6ccccc6c5cc42)c2cc(N(c4ccc(F)cc4)c4cccc5c4oc4ccccc45)ccc2-3)c2cccc3c2oc2ccccc23)cc1. The number of rotatable bonds is 6. The molecule has 79 heavy (non-hydrogen) atoms. The van der Waals surface area contributed by atoms with Gasteiger partial charge >= 0.3 is 0 Å². The highest BCUT2D eigenvalue weighted by Crippen LogP contribution is 2.65. The van der Waals surface area contributed by atoms with Crippen molar-refractivity contribution < 1.29 is 17.6 Å². The van der Waals surface area contributed by atoms with Crippen LogP contribution in [0.1, 0.15) is 22.3 Å². The number of fused-ring (bicyclic) bond motifs is 22. The molecule has 0 radical (unpaired) electrons. The van der Waals surface area contributed by atoms with Crippen molar-refractivity contribution in [2.24, 2.45) is 0 Å². The molecule has 0 saturated heterocycles. The lowest BCUT2D eigenvalue weighted by atomic mass is 9.70. The minimum absolute atomic E-state index is 0.317. The lowest BCUT2D eigenvalue weighted by molar-refractivity contribution is 0.627. The van der Waals surface area contributed by atoms with Crippen molar-refractivity contribution in [2.45, 2.75) is 5.41 Å². The molecule has 2 heterocycles. The van der Waals surface area contributed by atoms with E-state index in [1.54, 1.807) is 0 Å². The summed E-state index contributed by atoms with van der Waals surface area (Å²) in [4.78, 5) is 4.41. The highest BCUT2D eigenvalue weighted by molar-refractivity contribution is 6.26. The molecule has 370 valence electrons. The van der Waals surface area contributed by atoms with E-state index in [9.17, 15) is 0 Å². The van der Waals surface area contributed by atoms with Gasteiger partial charge in [0, 0.05) is 44.3 Å². The second-order valence-electron chi connectivity index (χ2n) is 20.9. The van der Waals surface area contributed by atoms with E-state index >= 15 is 8.78 Å². The first-order chi connectivity index (χ1) is 39.0. The first-order valence-electron chi connectivity index (χ1n) is 26.7. The van der Waals surface area contributed by atoms with Gasteiger partial charge in [0.25, 0.3) is 0 Å². The Morgan fingerprint density at radius 3 is 1.15 bits per heavy atom. The Labute approximate surface area is 451 Å². The maximum absolute atomic E-state index is 15.0. The van der Waals surface area contributed by atoms with E-state index in [4.69, 9.17) is 8.83 Å². The molecule has 0 unspecified atom stereocenters. The van der Waals surface area contributed by atoms with Crippen molar-refractivity contribution >= 4 is 110 Å². The average molecular weight is 1020 g/mol. The van der Waals surface area contributed by atoms with Crippen LogP contribution in [0.15, 0.2) is 264 Å². The number of furan rings is 2. The van der Waals surface area contributed by atoms with Crippen LogP contribution in [0.4, 0.5) is 42.9 Å². The molecule has 0 fully saturated rings. The van der Waals surface area contributed by atoms with Crippen LogP contribution in [0, 0.1) is 11.6 Å². The number of nitrogens with zero attached hydrogens (tertiary/aromatic N) is 2. The summed E-state index contributed by atoms with van der Waals surface area (Å²) in [5, 5.41) is 11.2. The fourth-order valence-corrected chi connectivity index (χ4v) is 13.7. The topological polar surface area (TPSA) is 32.8 Å². The van der Waals surface area contributed by atoms with Crippen LogP contribution in [0.2, 0.25) is 0 Å². The zero-order valence-electron chi connectivity index (χ0n) is 42.2. The summed E-state index contributed by atoms with van der Waals surface area (Å²) < 4.78 is 43.6. The lowest BCUT2D eigenvalue weighted by Crippen LogP contribution is -2.26. The minimum atomic E-state index is -0.872.